The van der Waals surface area contributed by atoms with Crippen molar-refractivity contribution in [3.05, 3.63) is 23.8 Å². The van der Waals surface area contributed by atoms with Gasteiger partial charge in [-0.2, -0.15) is 0 Å². The van der Waals surface area contributed by atoms with Gasteiger partial charge in [0.05, 0.1) is 12.2 Å². The maximum absolute atomic E-state index is 12.7. The summed E-state index contributed by atoms with van der Waals surface area (Å²) in [6.45, 7) is 8.08. The van der Waals surface area contributed by atoms with Gasteiger partial charge in [-0.05, 0) is 57.5 Å². The first-order valence-electron chi connectivity index (χ1n) is 8.49. The van der Waals surface area contributed by atoms with Crippen molar-refractivity contribution in [3.63, 3.8) is 0 Å². The van der Waals surface area contributed by atoms with Crippen molar-refractivity contribution in [2.75, 3.05) is 31.1 Å². The van der Waals surface area contributed by atoms with Gasteiger partial charge in [0.15, 0.2) is 5.78 Å². The van der Waals surface area contributed by atoms with E-state index in [0.717, 1.165) is 62.4 Å². The summed E-state index contributed by atoms with van der Waals surface area (Å²) < 4.78 is 5.93. The van der Waals surface area contributed by atoms with Gasteiger partial charge < -0.3 is 15.0 Å². The van der Waals surface area contributed by atoms with Crippen molar-refractivity contribution in [3.8, 4) is 5.75 Å². The lowest BCUT2D eigenvalue weighted by molar-refractivity contribution is 0.0895. The zero-order valence-corrected chi connectivity index (χ0v) is 13.6. The number of rotatable bonds is 4. The van der Waals surface area contributed by atoms with E-state index in [4.69, 9.17) is 4.74 Å². The van der Waals surface area contributed by atoms with Gasteiger partial charge >= 0.3 is 0 Å². The molecule has 3 rings (SSSR count). The molecule has 0 radical (unpaired) electrons. The Balaban J connectivity index is 1.85. The van der Waals surface area contributed by atoms with E-state index in [0.29, 0.717) is 5.78 Å². The van der Waals surface area contributed by atoms with Crippen molar-refractivity contribution >= 4 is 11.5 Å². The Hall–Kier alpha value is -1.55. The lowest BCUT2D eigenvalue weighted by Gasteiger charge is -2.35. The highest BCUT2D eigenvalue weighted by atomic mass is 16.5. The second-order valence-electron chi connectivity index (χ2n) is 6.45. The molecule has 0 spiro atoms. The lowest BCUT2D eigenvalue weighted by Crippen LogP contribution is -2.39. The van der Waals surface area contributed by atoms with Gasteiger partial charge in [-0.25, -0.2) is 0 Å². The number of benzene rings is 1. The summed E-state index contributed by atoms with van der Waals surface area (Å²) in [4.78, 5) is 15.1. The van der Waals surface area contributed by atoms with Crippen LogP contribution in [0.3, 0.4) is 0 Å². The molecule has 1 fully saturated rings. The van der Waals surface area contributed by atoms with Crippen LogP contribution in [-0.4, -0.2) is 38.1 Å². The van der Waals surface area contributed by atoms with Crippen LogP contribution >= 0.6 is 0 Å². The predicted molar refractivity (Wildman–Crippen MR) is 89.0 cm³/mol. The van der Waals surface area contributed by atoms with Crippen LogP contribution in [0.4, 0.5) is 5.69 Å². The summed E-state index contributed by atoms with van der Waals surface area (Å²) in [5.74, 6) is 1.37. The molecule has 1 saturated heterocycles. The lowest BCUT2D eigenvalue weighted by atomic mass is 9.89. The van der Waals surface area contributed by atoms with E-state index >= 15 is 0 Å². The maximum atomic E-state index is 12.7. The third-order valence-electron chi connectivity index (χ3n) is 4.59. The Kier molecular flexibility index (Phi) is 4.67. The molecule has 0 saturated carbocycles. The molecule has 0 aromatic heterocycles. The molecule has 1 atom stereocenters. The molecule has 22 heavy (non-hydrogen) atoms. The number of nitrogens with zero attached hydrogens (tertiary/aromatic N) is 1. The van der Waals surface area contributed by atoms with Crippen LogP contribution in [0.2, 0.25) is 0 Å². The molecule has 1 aromatic rings. The van der Waals surface area contributed by atoms with E-state index in [1.54, 1.807) is 0 Å². The first-order chi connectivity index (χ1) is 10.7. The number of nitrogens with one attached hydrogen (secondary N) is 1. The van der Waals surface area contributed by atoms with Gasteiger partial charge in [0.1, 0.15) is 11.9 Å². The zero-order valence-electron chi connectivity index (χ0n) is 13.6. The minimum absolute atomic E-state index is 0.169. The van der Waals surface area contributed by atoms with Crippen LogP contribution in [0.5, 0.6) is 5.75 Å². The van der Waals surface area contributed by atoms with Crippen LogP contribution in [0, 0.1) is 5.92 Å². The van der Waals surface area contributed by atoms with Crippen molar-refractivity contribution in [2.45, 2.75) is 39.2 Å². The van der Waals surface area contributed by atoms with Crippen molar-refractivity contribution in [2.24, 2.45) is 5.92 Å². The standard InChI is InChI=1S/C18H26N2O2/c1-3-10-20-12-13(2)22-17-5-4-15(11-16(17)20)18(21)14-6-8-19-9-7-14/h4-5,11,13-14,19H,3,6-10,12H2,1-2H3. The maximum Gasteiger partial charge on any atom is 0.166 e. The van der Waals surface area contributed by atoms with Crippen molar-refractivity contribution < 1.29 is 9.53 Å². The first kappa shape index (κ1) is 15.3. The van der Waals surface area contributed by atoms with Gasteiger partial charge in [-0.15, -0.1) is 0 Å². The van der Waals surface area contributed by atoms with Gasteiger partial charge in [0, 0.05) is 18.0 Å². The van der Waals surface area contributed by atoms with Crippen LogP contribution < -0.4 is 15.0 Å². The highest BCUT2D eigenvalue weighted by molar-refractivity contribution is 5.99. The Morgan fingerprint density at radius 2 is 2.14 bits per heavy atom. The number of carbonyl (C=O) groups is 1. The summed E-state index contributed by atoms with van der Waals surface area (Å²) in [5, 5.41) is 3.32. The van der Waals surface area contributed by atoms with E-state index in [1.807, 2.05) is 18.2 Å². The number of carbonyl (C=O) groups excluding carboxylic acids is 1. The molecule has 1 unspecified atom stereocenters. The second-order valence-corrected chi connectivity index (χ2v) is 6.45. The average molecular weight is 302 g/mol. The molecular weight excluding hydrogens is 276 g/mol. The zero-order chi connectivity index (χ0) is 15.5. The van der Waals surface area contributed by atoms with E-state index in [2.05, 4.69) is 24.1 Å². The topological polar surface area (TPSA) is 41.6 Å². The monoisotopic (exact) mass is 302 g/mol. The number of piperidine rings is 1. The summed E-state index contributed by atoms with van der Waals surface area (Å²) in [6, 6.07) is 5.95. The minimum atomic E-state index is 0.169. The molecule has 2 aliphatic rings. The smallest absolute Gasteiger partial charge is 0.166 e. The largest absolute Gasteiger partial charge is 0.487 e. The van der Waals surface area contributed by atoms with Crippen molar-refractivity contribution in [1.29, 1.82) is 0 Å². The van der Waals surface area contributed by atoms with E-state index in [-0.39, 0.29) is 12.0 Å². The quantitative estimate of drug-likeness (QED) is 0.868. The fourth-order valence-corrected chi connectivity index (χ4v) is 3.48. The third-order valence-corrected chi connectivity index (χ3v) is 4.59. The number of hydrogen-bond acceptors (Lipinski definition) is 4. The Labute approximate surface area is 132 Å². The SMILES string of the molecule is CCCN1CC(C)Oc2ccc(C(=O)C3CCNCC3)cc21. The summed E-state index contributed by atoms with van der Waals surface area (Å²) in [7, 11) is 0. The predicted octanol–water partition coefficient (Wildman–Crippen LogP) is 2.87. The molecule has 1 aromatic carbocycles. The summed E-state index contributed by atoms with van der Waals surface area (Å²) in [5.41, 5.74) is 1.92. The van der Waals surface area contributed by atoms with Crippen LogP contribution in [-0.2, 0) is 0 Å². The van der Waals surface area contributed by atoms with E-state index in [1.165, 1.54) is 0 Å². The molecule has 0 bridgehead atoms. The molecule has 0 aliphatic carbocycles. The molecule has 2 aliphatic heterocycles. The van der Waals surface area contributed by atoms with Gasteiger partial charge in [0.25, 0.3) is 0 Å². The van der Waals surface area contributed by atoms with E-state index in [9.17, 15) is 4.79 Å². The highest BCUT2D eigenvalue weighted by Crippen LogP contribution is 2.35. The molecule has 0 amide bonds. The first-order valence-corrected chi connectivity index (χ1v) is 8.49. The fourth-order valence-electron chi connectivity index (χ4n) is 3.48. The summed E-state index contributed by atoms with van der Waals surface area (Å²) in [6.07, 6.45) is 3.19. The Morgan fingerprint density at radius 3 is 2.86 bits per heavy atom. The fraction of sp³-hybridized carbons (Fsp3) is 0.611. The van der Waals surface area contributed by atoms with Gasteiger partial charge in [-0.3, -0.25) is 4.79 Å². The van der Waals surface area contributed by atoms with Gasteiger partial charge in [-0.1, -0.05) is 6.92 Å². The number of fused-ring (bicyclic) bond motifs is 1. The van der Waals surface area contributed by atoms with Crippen LogP contribution in [0.15, 0.2) is 18.2 Å². The number of anilines is 1. The van der Waals surface area contributed by atoms with Crippen LogP contribution in [0.25, 0.3) is 0 Å². The second kappa shape index (κ2) is 6.69. The number of hydrogen-bond donors (Lipinski definition) is 1. The van der Waals surface area contributed by atoms with Crippen LogP contribution in [0.1, 0.15) is 43.5 Å². The molecule has 1 N–H and O–H groups in total. The molecular formula is C18H26N2O2. The average Bonchev–Trinajstić information content (AvgIpc) is 2.55. The molecule has 120 valence electrons. The molecule has 4 heteroatoms. The number of Topliss-reactive ketones (excluding diaryl/α,β-unsaturated/α-hetero) is 1. The Bertz CT molecular complexity index is 538. The third kappa shape index (κ3) is 3.12. The molecule has 2 heterocycles. The number of ether oxygens (including phenoxy) is 1. The summed E-state index contributed by atoms with van der Waals surface area (Å²) >= 11 is 0. The molecule has 4 nitrogen and oxygen atoms in total. The van der Waals surface area contributed by atoms with Crippen molar-refractivity contribution in [1.82, 2.24) is 5.32 Å². The minimum Gasteiger partial charge on any atom is -0.487 e. The highest BCUT2D eigenvalue weighted by Gasteiger charge is 2.26. The van der Waals surface area contributed by atoms with Gasteiger partial charge in [0.2, 0.25) is 0 Å². The normalized spacial score (nSPS) is 22.1. The van der Waals surface area contributed by atoms with E-state index < -0.39 is 0 Å². The Morgan fingerprint density at radius 1 is 1.36 bits per heavy atom. The number of ketones is 1.